The predicted octanol–water partition coefficient (Wildman–Crippen LogP) is 3.38. The minimum absolute atomic E-state index is 0.129. The number of benzene rings is 1. The standard InChI is InChI=1S/C14H20N2O3/c1-3-4-5-10-19-14(18)16-13-8-6-12(7-9-13)15-11(2)17/h6-9H,3-5,10H2,1-2H3,(H,15,17)(H,16,18). The predicted molar refractivity (Wildman–Crippen MR) is 75.2 cm³/mol. The van der Waals surface area contributed by atoms with Crippen molar-refractivity contribution >= 4 is 23.4 Å². The van der Waals surface area contributed by atoms with Crippen LogP contribution in [0.15, 0.2) is 24.3 Å². The molecule has 5 nitrogen and oxygen atoms in total. The lowest BCUT2D eigenvalue weighted by Crippen LogP contribution is -2.14. The summed E-state index contributed by atoms with van der Waals surface area (Å²) in [5.74, 6) is -0.129. The molecule has 5 heteroatoms. The van der Waals surface area contributed by atoms with Crippen LogP contribution in [0.4, 0.5) is 16.2 Å². The van der Waals surface area contributed by atoms with E-state index in [1.54, 1.807) is 24.3 Å². The first kappa shape index (κ1) is 15.0. The summed E-state index contributed by atoms with van der Waals surface area (Å²) in [6.07, 6.45) is 2.57. The summed E-state index contributed by atoms with van der Waals surface area (Å²) in [7, 11) is 0. The summed E-state index contributed by atoms with van der Waals surface area (Å²) in [5.41, 5.74) is 1.32. The summed E-state index contributed by atoms with van der Waals surface area (Å²) < 4.78 is 5.02. The van der Waals surface area contributed by atoms with Gasteiger partial charge < -0.3 is 10.1 Å². The molecule has 0 saturated heterocycles. The van der Waals surface area contributed by atoms with Gasteiger partial charge in [-0.15, -0.1) is 0 Å². The quantitative estimate of drug-likeness (QED) is 0.774. The highest BCUT2D eigenvalue weighted by Gasteiger charge is 2.03. The molecule has 0 aliphatic carbocycles. The van der Waals surface area contributed by atoms with Crippen molar-refractivity contribution in [3.8, 4) is 0 Å². The van der Waals surface area contributed by atoms with Gasteiger partial charge in [0.2, 0.25) is 5.91 Å². The van der Waals surface area contributed by atoms with Crippen LogP contribution in [0.2, 0.25) is 0 Å². The van der Waals surface area contributed by atoms with Crippen LogP contribution in [0.25, 0.3) is 0 Å². The van der Waals surface area contributed by atoms with Crippen molar-refractivity contribution in [2.24, 2.45) is 0 Å². The van der Waals surface area contributed by atoms with Gasteiger partial charge in [-0.1, -0.05) is 19.8 Å². The van der Waals surface area contributed by atoms with E-state index in [1.807, 2.05) is 0 Å². The SMILES string of the molecule is CCCCCOC(=O)Nc1ccc(NC(C)=O)cc1. The first-order chi connectivity index (χ1) is 9.11. The Bertz CT molecular complexity index is 415. The molecule has 0 unspecified atom stereocenters. The minimum atomic E-state index is -0.455. The van der Waals surface area contributed by atoms with Gasteiger partial charge in [0.15, 0.2) is 0 Å². The average Bonchev–Trinajstić information content (AvgIpc) is 2.36. The fraction of sp³-hybridized carbons (Fsp3) is 0.429. The highest BCUT2D eigenvalue weighted by molar-refractivity contribution is 5.89. The molecule has 2 N–H and O–H groups in total. The van der Waals surface area contributed by atoms with Crippen LogP contribution in [-0.2, 0) is 9.53 Å². The molecule has 2 amide bonds. The number of hydrogen-bond donors (Lipinski definition) is 2. The van der Waals surface area contributed by atoms with Gasteiger partial charge in [-0.2, -0.15) is 0 Å². The van der Waals surface area contributed by atoms with Gasteiger partial charge in [0.05, 0.1) is 6.61 Å². The third-order valence-electron chi connectivity index (χ3n) is 2.43. The van der Waals surface area contributed by atoms with Crippen LogP contribution in [-0.4, -0.2) is 18.6 Å². The van der Waals surface area contributed by atoms with Gasteiger partial charge in [-0.25, -0.2) is 4.79 Å². The second-order valence-electron chi connectivity index (χ2n) is 4.23. The Kier molecular flexibility index (Phi) is 6.43. The van der Waals surface area contributed by atoms with Crippen LogP contribution < -0.4 is 10.6 Å². The Labute approximate surface area is 113 Å². The summed E-state index contributed by atoms with van der Waals surface area (Å²) in [6.45, 7) is 3.97. The topological polar surface area (TPSA) is 67.4 Å². The smallest absolute Gasteiger partial charge is 0.411 e. The van der Waals surface area contributed by atoms with Crippen LogP contribution in [0, 0.1) is 0 Å². The molecule has 104 valence electrons. The molecular formula is C14H20N2O3. The number of hydrogen-bond acceptors (Lipinski definition) is 3. The van der Waals surface area contributed by atoms with Crippen LogP contribution in [0.1, 0.15) is 33.1 Å². The molecular weight excluding hydrogens is 244 g/mol. The molecule has 0 aliphatic heterocycles. The Hall–Kier alpha value is -2.04. The number of anilines is 2. The number of nitrogens with one attached hydrogen (secondary N) is 2. The van der Waals surface area contributed by atoms with Gasteiger partial charge in [0.1, 0.15) is 0 Å². The van der Waals surface area contributed by atoms with Crippen molar-refractivity contribution < 1.29 is 14.3 Å². The van der Waals surface area contributed by atoms with E-state index >= 15 is 0 Å². The van der Waals surface area contributed by atoms with Crippen molar-refractivity contribution in [3.05, 3.63) is 24.3 Å². The van der Waals surface area contributed by atoms with Crippen molar-refractivity contribution in [2.75, 3.05) is 17.2 Å². The van der Waals surface area contributed by atoms with E-state index in [2.05, 4.69) is 17.6 Å². The Morgan fingerprint density at radius 2 is 1.63 bits per heavy atom. The van der Waals surface area contributed by atoms with E-state index in [9.17, 15) is 9.59 Å². The summed E-state index contributed by atoms with van der Waals surface area (Å²) in [4.78, 5) is 22.3. The summed E-state index contributed by atoms with van der Waals surface area (Å²) in [5, 5.41) is 5.28. The number of unbranched alkanes of at least 4 members (excludes halogenated alkanes) is 2. The lowest BCUT2D eigenvalue weighted by molar-refractivity contribution is -0.114. The van der Waals surface area contributed by atoms with Gasteiger partial charge in [-0.3, -0.25) is 10.1 Å². The molecule has 0 aromatic heterocycles. The lowest BCUT2D eigenvalue weighted by atomic mass is 10.3. The molecule has 0 heterocycles. The average molecular weight is 264 g/mol. The van der Waals surface area contributed by atoms with Crippen molar-refractivity contribution in [1.29, 1.82) is 0 Å². The Morgan fingerprint density at radius 3 is 2.16 bits per heavy atom. The summed E-state index contributed by atoms with van der Waals surface area (Å²) >= 11 is 0. The summed E-state index contributed by atoms with van der Waals surface area (Å²) in [6, 6.07) is 6.85. The molecule has 0 fully saturated rings. The first-order valence-electron chi connectivity index (χ1n) is 6.43. The molecule has 19 heavy (non-hydrogen) atoms. The van der Waals surface area contributed by atoms with Gasteiger partial charge in [0.25, 0.3) is 0 Å². The highest BCUT2D eigenvalue weighted by atomic mass is 16.5. The van der Waals surface area contributed by atoms with Gasteiger partial charge >= 0.3 is 6.09 Å². The maximum atomic E-state index is 11.4. The van der Waals surface area contributed by atoms with E-state index in [-0.39, 0.29) is 5.91 Å². The molecule has 1 rings (SSSR count). The van der Waals surface area contributed by atoms with Crippen molar-refractivity contribution in [3.63, 3.8) is 0 Å². The maximum Gasteiger partial charge on any atom is 0.411 e. The third-order valence-corrected chi connectivity index (χ3v) is 2.43. The molecule has 0 spiro atoms. The fourth-order valence-corrected chi connectivity index (χ4v) is 1.51. The number of rotatable bonds is 6. The normalized spacial score (nSPS) is 9.79. The van der Waals surface area contributed by atoms with Crippen molar-refractivity contribution in [1.82, 2.24) is 0 Å². The molecule has 0 saturated carbocycles. The number of ether oxygens (including phenoxy) is 1. The molecule has 0 aliphatic rings. The van der Waals surface area contributed by atoms with Crippen LogP contribution >= 0.6 is 0 Å². The second kappa shape index (κ2) is 8.13. The highest BCUT2D eigenvalue weighted by Crippen LogP contribution is 2.13. The third kappa shape index (κ3) is 6.45. The second-order valence-corrected chi connectivity index (χ2v) is 4.23. The molecule has 1 aromatic carbocycles. The monoisotopic (exact) mass is 264 g/mol. The van der Waals surface area contributed by atoms with E-state index in [1.165, 1.54) is 6.92 Å². The zero-order valence-electron chi connectivity index (χ0n) is 11.4. The van der Waals surface area contributed by atoms with E-state index in [4.69, 9.17) is 4.74 Å². The minimum Gasteiger partial charge on any atom is -0.449 e. The number of carbonyl (C=O) groups is 2. The first-order valence-corrected chi connectivity index (χ1v) is 6.43. The van der Waals surface area contributed by atoms with Crippen molar-refractivity contribution in [2.45, 2.75) is 33.1 Å². The Balaban J connectivity index is 2.36. The van der Waals surface area contributed by atoms with Gasteiger partial charge in [0, 0.05) is 18.3 Å². The van der Waals surface area contributed by atoms with Gasteiger partial charge in [-0.05, 0) is 30.7 Å². The van der Waals surface area contributed by atoms with E-state index in [0.29, 0.717) is 18.0 Å². The van der Waals surface area contributed by atoms with E-state index < -0.39 is 6.09 Å². The fourth-order valence-electron chi connectivity index (χ4n) is 1.51. The van der Waals surface area contributed by atoms with E-state index in [0.717, 1.165) is 19.3 Å². The molecule has 0 radical (unpaired) electrons. The zero-order chi connectivity index (χ0) is 14.1. The number of carbonyl (C=O) groups excluding carboxylic acids is 2. The molecule has 0 atom stereocenters. The lowest BCUT2D eigenvalue weighted by Gasteiger charge is -2.07. The molecule has 1 aromatic rings. The molecule has 0 bridgehead atoms. The largest absolute Gasteiger partial charge is 0.449 e. The van der Waals surface area contributed by atoms with Crippen LogP contribution in [0.5, 0.6) is 0 Å². The number of amides is 2. The van der Waals surface area contributed by atoms with Crippen LogP contribution in [0.3, 0.4) is 0 Å². The zero-order valence-corrected chi connectivity index (χ0v) is 11.4. The maximum absolute atomic E-state index is 11.4. The Morgan fingerprint density at radius 1 is 1.05 bits per heavy atom.